The van der Waals surface area contributed by atoms with E-state index in [2.05, 4.69) is 19.2 Å². The normalized spacial score (nSPS) is 10.5. The molecule has 4 nitrogen and oxygen atoms in total. The van der Waals surface area contributed by atoms with Gasteiger partial charge in [-0.25, -0.2) is 0 Å². The smallest absolute Gasteiger partial charge is 0.233 e. The number of carbonyl (C=O) groups is 2. The zero-order valence-electron chi connectivity index (χ0n) is 14.5. The van der Waals surface area contributed by atoms with Gasteiger partial charge in [0.1, 0.15) is 6.42 Å². The maximum atomic E-state index is 12.2. The van der Waals surface area contributed by atoms with Crippen molar-refractivity contribution in [2.24, 2.45) is 0 Å². The monoisotopic (exact) mass is 324 g/mol. The number of nitrogens with one attached hydrogen (secondary N) is 1. The molecule has 2 amide bonds. The Bertz CT molecular complexity index is 696. The van der Waals surface area contributed by atoms with Crippen LogP contribution in [0, 0.1) is 0 Å². The first-order valence-corrected chi connectivity index (χ1v) is 8.14. The topological polar surface area (TPSA) is 49.4 Å². The Kier molecular flexibility index (Phi) is 6.13. The number of benzene rings is 2. The Morgan fingerprint density at radius 3 is 2.29 bits per heavy atom. The SMILES string of the molecule is CC(C)c1ccccc1NC(=O)CC(=O)N(C)Cc1ccccc1. The van der Waals surface area contributed by atoms with Gasteiger partial charge in [0.15, 0.2) is 0 Å². The zero-order valence-corrected chi connectivity index (χ0v) is 14.5. The van der Waals surface area contributed by atoms with E-state index in [1.54, 1.807) is 11.9 Å². The van der Waals surface area contributed by atoms with Crippen molar-refractivity contribution in [2.75, 3.05) is 12.4 Å². The molecule has 0 aliphatic rings. The molecular formula is C20H24N2O2. The van der Waals surface area contributed by atoms with Gasteiger partial charge in [0.2, 0.25) is 11.8 Å². The second-order valence-corrected chi connectivity index (χ2v) is 6.20. The standard InChI is InChI=1S/C20H24N2O2/c1-15(2)17-11-7-8-12-18(17)21-19(23)13-20(24)22(3)14-16-9-5-4-6-10-16/h4-12,15H,13-14H2,1-3H3,(H,21,23). The Hall–Kier alpha value is -2.62. The van der Waals surface area contributed by atoms with E-state index < -0.39 is 0 Å². The molecule has 0 radical (unpaired) electrons. The fourth-order valence-electron chi connectivity index (χ4n) is 2.53. The third-order valence-electron chi connectivity index (χ3n) is 3.86. The molecule has 0 aromatic heterocycles. The van der Waals surface area contributed by atoms with Gasteiger partial charge < -0.3 is 10.2 Å². The van der Waals surface area contributed by atoms with Crippen molar-refractivity contribution in [2.45, 2.75) is 32.7 Å². The van der Waals surface area contributed by atoms with E-state index in [1.807, 2.05) is 54.6 Å². The lowest BCUT2D eigenvalue weighted by molar-refractivity contribution is -0.134. The summed E-state index contributed by atoms with van der Waals surface area (Å²) >= 11 is 0. The van der Waals surface area contributed by atoms with Gasteiger partial charge in [-0.1, -0.05) is 62.4 Å². The van der Waals surface area contributed by atoms with Crippen LogP contribution in [0.4, 0.5) is 5.69 Å². The quantitative estimate of drug-likeness (QED) is 0.822. The van der Waals surface area contributed by atoms with Gasteiger partial charge in [-0.3, -0.25) is 9.59 Å². The number of nitrogens with zero attached hydrogens (tertiary/aromatic N) is 1. The minimum atomic E-state index is -0.284. The van der Waals surface area contributed by atoms with E-state index in [-0.39, 0.29) is 18.2 Å². The first-order chi connectivity index (χ1) is 11.5. The highest BCUT2D eigenvalue weighted by atomic mass is 16.2. The van der Waals surface area contributed by atoms with Crippen LogP contribution >= 0.6 is 0 Å². The van der Waals surface area contributed by atoms with Gasteiger partial charge in [0, 0.05) is 19.3 Å². The molecule has 0 fully saturated rings. The van der Waals surface area contributed by atoms with Crippen molar-refractivity contribution >= 4 is 17.5 Å². The predicted molar refractivity (Wildman–Crippen MR) is 96.7 cm³/mol. The van der Waals surface area contributed by atoms with Crippen molar-refractivity contribution in [1.29, 1.82) is 0 Å². The summed E-state index contributed by atoms with van der Waals surface area (Å²) in [5.74, 6) is -0.177. The third kappa shape index (κ3) is 4.95. The van der Waals surface area contributed by atoms with Crippen LogP contribution < -0.4 is 5.32 Å². The molecule has 0 saturated heterocycles. The molecule has 0 atom stereocenters. The van der Waals surface area contributed by atoms with E-state index in [1.165, 1.54) is 0 Å². The molecule has 1 N–H and O–H groups in total. The summed E-state index contributed by atoms with van der Waals surface area (Å²) in [7, 11) is 1.71. The van der Waals surface area contributed by atoms with E-state index in [9.17, 15) is 9.59 Å². The molecule has 0 aliphatic carbocycles. The number of anilines is 1. The van der Waals surface area contributed by atoms with Crippen molar-refractivity contribution in [1.82, 2.24) is 4.90 Å². The predicted octanol–water partition coefficient (Wildman–Crippen LogP) is 3.80. The number of hydrogen-bond acceptors (Lipinski definition) is 2. The van der Waals surface area contributed by atoms with Gasteiger partial charge in [-0.2, -0.15) is 0 Å². The van der Waals surface area contributed by atoms with Gasteiger partial charge in [-0.15, -0.1) is 0 Å². The lowest BCUT2D eigenvalue weighted by Gasteiger charge is -2.18. The van der Waals surface area contributed by atoms with Crippen molar-refractivity contribution in [3.05, 3.63) is 65.7 Å². The molecule has 2 aromatic carbocycles. The number of rotatable bonds is 6. The van der Waals surface area contributed by atoms with Gasteiger partial charge in [-0.05, 0) is 23.1 Å². The molecule has 0 aliphatic heterocycles. The van der Waals surface area contributed by atoms with Crippen LogP contribution in [-0.2, 0) is 16.1 Å². The van der Waals surface area contributed by atoms with Crippen LogP contribution in [0.3, 0.4) is 0 Å². The number of hydrogen-bond donors (Lipinski definition) is 1. The summed E-state index contributed by atoms with van der Waals surface area (Å²) in [6.07, 6.45) is -0.157. The lowest BCUT2D eigenvalue weighted by atomic mass is 10.0. The van der Waals surface area contributed by atoms with Crippen molar-refractivity contribution < 1.29 is 9.59 Å². The number of carbonyl (C=O) groups excluding carboxylic acids is 2. The van der Waals surface area contributed by atoms with Crippen LogP contribution in [0.5, 0.6) is 0 Å². The number of amides is 2. The van der Waals surface area contributed by atoms with Crippen LogP contribution in [0.2, 0.25) is 0 Å². The minimum absolute atomic E-state index is 0.157. The summed E-state index contributed by atoms with van der Waals surface area (Å²) in [5.41, 5.74) is 2.88. The highest BCUT2D eigenvalue weighted by molar-refractivity contribution is 6.03. The maximum absolute atomic E-state index is 12.2. The molecule has 2 rings (SSSR count). The third-order valence-corrected chi connectivity index (χ3v) is 3.86. The molecule has 126 valence electrons. The minimum Gasteiger partial charge on any atom is -0.341 e. The fraction of sp³-hybridized carbons (Fsp3) is 0.300. The number of para-hydroxylation sites is 1. The molecule has 0 bridgehead atoms. The van der Waals surface area contributed by atoms with Gasteiger partial charge >= 0.3 is 0 Å². The molecule has 0 unspecified atom stereocenters. The Morgan fingerprint density at radius 2 is 1.62 bits per heavy atom. The molecule has 0 saturated carbocycles. The van der Waals surface area contributed by atoms with E-state index >= 15 is 0 Å². The Labute approximate surface area is 143 Å². The summed E-state index contributed by atoms with van der Waals surface area (Å²) in [6, 6.07) is 17.4. The maximum Gasteiger partial charge on any atom is 0.233 e. The summed E-state index contributed by atoms with van der Waals surface area (Å²) in [6.45, 7) is 4.64. The Balaban J connectivity index is 1.93. The second-order valence-electron chi connectivity index (χ2n) is 6.20. The molecular weight excluding hydrogens is 300 g/mol. The second kappa shape index (κ2) is 8.29. The molecule has 2 aromatic rings. The van der Waals surface area contributed by atoms with Gasteiger partial charge in [0.25, 0.3) is 0 Å². The lowest BCUT2D eigenvalue weighted by Crippen LogP contribution is -2.30. The Morgan fingerprint density at radius 1 is 1.00 bits per heavy atom. The van der Waals surface area contributed by atoms with Crippen LogP contribution in [0.15, 0.2) is 54.6 Å². The van der Waals surface area contributed by atoms with Crippen LogP contribution in [0.25, 0.3) is 0 Å². The molecule has 24 heavy (non-hydrogen) atoms. The largest absolute Gasteiger partial charge is 0.341 e. The highest BCUT2D eigenvalue weighted by Crippen LogP contribution is 2.23. The van der Waals surface area contributed by atoms with Crippen LogP contribution in [0.1, 0.15) is 37.3 Å². The van der Waals surface area contributed by atoms with Crippen LogP contribution in [-0.4, -0.2) is 23.8 Å². The average molecular weight is 324 g/mol. The van der Waals surface area contributed by atoms with E-state index in [0.29, 0.717) is 12.5 Å². The zero-order chi connectivity index (χ0) is 17.5. The van der Waals surface area contributed by atoms with E-state index in [0.717, 1.165) is 16.8 Å². The molecule has 0 heterocycles. The first-order valence-electron chi connectivity index (χ1n) is 8.14. The van der Waals surface area contributed by atoms with Crippen molar-refractivity contribution in [3.63, 3.8) is 0 Å². The average Bonchev–Trinajstić information content (AvgIpc) is 2.55. The summed E-state index contributed by atoms with van der Waals surface area (Å²) in [4.78, 5) is 26.0. The fourth-order valence-corrected chi connectivity index (χ4v) is 2.53. The molecule has 0 spiro atoms. The first kappa shape index (κ1) is 17.7. The van der Waals surface area contributed by atoms with E-state index in [4.69, 9.17) is 0 Å². The van der Waals surface area contributed by atoms with Crippen molar-refractivity contribution in [3.8, 4) is 0 Å². The molecule has 4 heteroatoms. The highest BCUT2D eigenvalue weighted by Gasteiger charge is 2.16. The summed E-state index contributed by atoms with van der Waals surface area (Å²) < 4.78 is 0. The summed E-state index contributed by atoms with van der Waals surface area (Å²) in [5, 5.41) is 2.86. The van der Waals surface area contributed by atoms with Gasteiger partial charge in [0.05, 0.1) is 0 Å².